The minimum absolute atomic E-state index is 0.0319. The Balaban J connectivity index is 1.77. The molecule has 0 spiro atoms. The van der Waals surface area contributed by atoms with Crippen LogP contribution in [0.4, 0.5) is 0 Å². The minimum Gasteiger partial charge on any atom is -0.387 e. The Kier molecular flexibility index (Phi) is 16.9. The third kappa shape index (κ3) is 13.5. The smallest absolute Gasteiger partial charge is 0.327 e. The summed E-state index contributed by atoms with van der Waals surface area (Å²) in [7, 11) is -3.53. The van der Waals surface area contributed by atoms with E-state index in [-0.39, 0.29) is 31.6 Å². The molecule has 2 fully saturated rings. The average molecular weight is 649 g/mol. The summed E-state index contributed by atoms with van der Waals surface area (Å²) in [6.45, 7) is 8.18. The van der Waals surface area contributed by atoms with Crippen LogP contribution in [0.15, 0.2) is 0 Å². The fourth-order valence-corrected chi connectivity index (χ4v) is 4.93. The van der Waals surface area contributed by atoms with Gasteiger partial charge in [-0.05, 0) is 52.9 Å². The first kappa shape index (κ1) is 38.9. The quantitative estimate of drug-likeness (QED) is 0.0702. The Bertz CT molecular complexity index is 814. The molecule has 0 amide bonds. The van der Waals surface area contributed by atoms with Crippen LogP contribution in [0, 0.1) is 0 Å². The lowest BCUT2D eigenvalue weighted by molar-refractivity contribution is -0.331. The van der Waals surface area contributed by atoms with Crippen molar-refractivity contribution in [1.82, 2.24) is 0 Å². The highest BCUT2D eigenvalue weighted by atomic mass is 31.2. The molecule has 0 aromatic heterocycles. The van der Waals surface area contributed by atoms with Crippen molar-refractivity contribution in [2.24, 2.45) is 0 Å². The van der Waals surface area contributed by atoms with Crippen LogP contribution in [0.25, 0.3) is 0 Å². The van der Waals surface area contributed by atoms with Crippen LogP contribution in [-0.2, 0) is 37.5 Å². The van der Waals surface area contributed by atoms with Crippen LogP contribution >= 0.6 is 7.60 Å². The van der Waals surface area contributed by atoms with E-state index in [4.69, 9.17) is 32.9 Å². The van der Waals surface area contributed by atoms with E-state index in [1.807, 2.05) is 20.8 Å². The number of hydrogen-bond donors (Lipinski definition) is 7. The lowest BCUT2D eigenvalue weighted by Crippen LogP contribution is -2.61. The van der Waals surface area contributed by atoms with E-state index in [1.165, 1.54) is 0 Å². The van der Waals surface area contributed by atoms with Crippen LogP contribution in [0.2, 0.25) is 0 Å². The van der Waals surface area contributed by atoms with Crippen molar-refractivity contribution in [3.8, 4) is 0 Å². The zero-order chi connectivity index (χ0) is 32.2. The van der Waals surface area contributed by atoms with Gasteiger partial charge in [0, 0.05) is 26.0 Å². The van der Waals surface area contributed by atoms with Crippen LogP contribution in [0.5, 0.6) is 0 Å². The Hall–Kier alpha value is -0.330. The molecule has 256 valence electrons. The molecular formula is C27H53O15P. The Morgan fingerprint density at radius 1 is 0.651 bits per heavy atom. The van der Waals surface area contributed by atoms with Crippen LogP contribution in [0.3, 0.4) is 0 Å². The van der Waals surface area contributed by atoms with Gasteiger partial charge in [0.15, 0.2) is 12.6 Å². The molecule has 16 heteroatoms. The van der Waals surface area contributed by atoms with Gasteiger partial charge < -0.3 is 68.5 Å². The molecule has 11 atom stereocenters. The fraction of sp³-hybridized carbons (Fsp3) is 1.00. The van der Waals surface area contributed by atoms with Gasteiger partial charge in [0.05, 0.1) is 25.4 Å². The lowest BCUT2D eigenvalue weighted by atomic mass is 9.98. The average Bonchev–Trinajstić information content (AvgIpc) is 2.95. The number of ether oxygens (including phenoxy) is 6. The summed E-state index contributed by atoms with van der Waals surface area (Å²) in [4.78, 5) is 9.42. The van der Waals surface area contributed by atoms with Gasteiger partial charge >= 0.3 is 7.60 Å². The summed E-state index contributed by atoms with van der Waals surface area (Å²) in [6, 6.07) is 0. The van der Waals surface area contributed by atoms with E-state index in [0.717, 1.165) is 6.42 Å². The van der Waals surface area contributed by atoms with Gasteiger partial charge in [-0.1, -0.05) is 6.92 Å². The first-order chi connectivity index (χ1) is 20.2. The van der Waals surface area contributed by atoms with Gasteiger partial charge in [-0.2, -0.15) is 0 Å². The van der Waals surface area contributed by atoms with Crippen molar-refractivity contribution in [3.63, 3.8) is 0 Å². The van der Waals surface area contributed by atoms with Gasteiger partial charge in [-0.15, -0.1) is 0 Å². The van der Waals surface area contributed by atoms with Crippen molar-refractivity contribution >= 4 is 7.60 Å². The number of hydrogen-bond acceptors (Lipinski definition) is 14. The molecule has 11 unspecified atom stereocenters. The summed E-state index contributed by atoms with van der Waals surface area (Å²) in [5.41, 5.74) is -0.223. The minimum atomic E-state index is -3.53. The second kappa shape index (κ2) is 18.7. The van der Waals surface area contributed by atoms with E-state index >= 15 is 0 Å². The van der Waals surface area contributed by atoms with Gasteiger partial charge in [0.1, 0.15) is 48.8 Å². The first-order valence-electron chi connectivity index (χ1n) is 15.0. The van der Waals surface area contributed by atoms with E-state index in [0.29, 0.717) is 38.9 Å². The van der Waals surface area contributed by atoms with Crippen LogP contribution in [0.1, 0.15) is 59.8 Å². The molecule has 0 bridgehead atoms. The van der Waals surface area contributed by atoms with Gasteiger partial charge in [-0.25, -0.2) is 0 Å². The highest BCUT2D eigenvalue weighted by molar-refractivity contribution is 7.52. The van der Waals surface area contributed by atoms with E-state index < -0.39 is 75.6 Å². The fourth-order valence-electron chi connectivity index (χ4n) is 4.34. The number of aliphatic hydroxyl groups excluding tert-OH is 6. The Morgan fingerprint density at radius 3 is 1.74 bits per heavy atom. The standard InChI is InChI=1S/C27H53O15P/c1-5-43(34,35)40-14-8-6-7-12-37-25-23(32)22(31)20(29)18(42-25)16-38-26-24(33)21(30)19(28)17(41-26)15-36-11-9-10-13-39-27(2,3)4/h17-26,28-33H,5-16H2,1-4H3,(H,34,35). The Morgan fingerprint density at radius 2 is 1.16 bits per heavy atom. The highest BCUT2D eigenvalue weighted by Gasteiger charge is 2.47. The summed E-state index contributed by atoms with van der Waals surface area (Å²) in [5, 5.41) is 62.1. The molecule has 0 aromatic carbocycles. The second-order valence-corrected chi connectivity index (χ2v) is 14.0. The molecule has 2 saturated heterocycles. The van der Waals surface area contributed by atoms with Gasteiger partial charge in [-0.3, -0.25) is 4.57 Å². The third-order valence-corrected chi connectivity index (χ3v) is 8.41. The molecule has 7 N–H and O–H groups in total. The maximum atomic E-state index is 11.5. The summed E-state index contributed by atoms with van der Waals surface area (Å²) < 4.78 is 50.0. The van der Waals surface area contributed by atoms with Gasteiger partial charge in [0.2, 0.25) is 0 Å². The maximum absolute atomic E-state index is 11.5. The lowest BCUT2D eigenvalue weighted by Gasteiger charge is -2.43. The van der Waals surface area contributed by atoms with Crippen molar-refractivity contribution in [3.05, 3.63) is 0 Å². The number of unbranched alkanes of at least 4 members (excludes halogenated alkanes) is 3. The van der Waals surface area contributed by atoms with Gasteiger partial charge in [0.25, 0.3) is 0 Å². The van der Waals surface area contributed by atoms with Crippen molar-refractivity contribution < 1.29 is 73.0 Å². The molecule has 0 radical (unpaired) electrons. The number of rotatable bonds is 19. The van der Waals surface area contributed by atoms with Crippen molar-refractivity contribution in [1.29, 1.82) is 0 Å². The zero-order valence-electron chi connectivity index (χ0n) is 25.6. The summed E-state index contributed by atoms with van der Waals surface area (Å²) in [5.74, 6) is 0. The zero-order valence-corrected chi connectivity index (χ0v) is 26.5. The molecule has 2 rings (SSSR count). The van der Waals surface area contributed by atoms with E-state index in [9.17, 15) is 40.1 Å². The predicted octanol–water partition coefficient (Wildman–Crippen LogP) is -0.361. The molecule has 43 heavy (non-hydrogen) atoms. The molecule has 2 heterocycles. The highest BCUT2D eigenvalue weighted by Crippen LogP contribution is 2.41. The Labute approximate surface area is 253 Å². The van der Waals surface area contributed by atoms with Crippen LogP contribution in [-0.4, -0.2) is 148 Å². The third-order valence-electron chi connectivity index (χ3n) is 7.03. The van der Waals surface area contributed by atoms with E-state index in [1.54, 1.807) is 6.92 Å². The van der Waals surface area contributed by atoms with E-state index in [2.05, 4.69) is 0 Å². The SMILES string of the molecule is CCP(=O)(O)OCCCCCOC1OC(COC2OC(COCCCCOC(C)(C)C)C(O)C(O)C2O)C(O)C(O)C1O. The molecular weight excluding hydrogens is 595 g/mol. The summed E-state index contributed by atoms with van der Waals surface area (Å²) >= 11 is 0. The maximum Gasteiger partial charge on any atom is 0.327 e. The molecule has 15 nitrogen and oxygen atoms in total. The van der Waals surface area contributed by atoms with Crippen LogP contribution < -0.4 is 0 Å². The number of aliphatic hydroxyl groups is 6. The molecule has 0 aromatic rings. The molecule has 0 saturated carbocycles. The predicted molar refractivity (Wildman–Crippen MR) is 151 cm³/mol. The molecule has 2 aliphatic heterocycles. The second-order valence-electron chi connectivity index (χ2n) is 11.8. The molecule has 2 aliphatic rings. The summed E-state index contributed by atoms with van der Waals surface area (Å²) in [6.07, 6.45) is -11.1. The first-order valence-corrected chi connectivity index (χ1v) is 16.7. The normalized spacial score (nSPS) is 35.1. The van der Waals surface area contributed by atoms with Crippen molar-refractivity contribution in [2.75, 3.05) is 45.8 Å². The van der Waals surface area contributed by atoms with Crippen molar-refractivity contribution in [2.45, 2.75) is 127 Å². The monoisotopic (exact) mass is 648 g/mol. The topological polar surface area (TPSA) is 223 Å². The molecule has 0 aliphatic carbocycles. The largest absolute Gasteiger partial charge is 0.387 e.